The van der Waals surface area contributed by atoms with E-state index in [1.807, 2.05) is 38.1 Å². The molecule has 0 aliphatic carbocycles. The van der Waals surface area contributed by atoms with E-state index in [1.54, 1.807) is 7.11 Å². The number of hydrogen-bond acceptors (Lipinski definition) is 5. The predicted octanol–water partition coefficient (Wildman–Crippen LogP) is 1.68. The van der Waals surface area contributed by atoms with Gasteiger partial charge in [0, 0.05) is 25.2 Å². The number of benzene rings is 1. The molecule has 0 fully saturated rings. The largest absolute Gasteiger partial charge is 0.377 e. The summed E-state index contributed by atoms with van der Waals surface area (Å²) in [7, 11) is 1.62. The van der Waals surface area contributed by atoms with Gasteiger partial charge in [0.05, 0.1) is 11.2 Å². The lowest BCUT2D eigenvalue weighted by Crippen LogP contribution is -2.39. The van der Waals surface area contributed by atoms with E-state index in [4.69, 9.17) is 10.6 Å². The molecular weight excluding hydrogens is 268 g/mol. The highest BCUT2D eigenvalue weighted by molar-refractivity contribution is 6.09. The molecule has 0 spiro atoms. The van der Waals surface area contributed by atoms with Crippen molar-refractivity contribution in [1.29, 1.82) is 0 Å². The minimum absolute atomic E-state index is 0.188. The zero-order valence-electron chi connectivity index (χ0n) is 12.4. The number of nitrogens with zero attached hydrogens (tertiary/aromatic N) is 1. The van der Waals surface area contributed by atoms with Crippen LogP contribution in [0.4, 0.5) is 5.82 Å². The minimum atomic E-state index is -0.419. The Kier molecular flexibility index (Phi) is 4.40. The molecule has 1 heterocycles. The molecule has 0 saturated carbocycles. The van der Waals surface area contributed by atoms with Gasteiger partial charge in [-0.2, -0.15) is 0 Å². The van der Waals surface area contributed by atoms with E-state index in [-0.39, 0.29) is 5.91 Å². The first-order valence-electron chi connectivity index (χ1n) is 6.66. The molecule has 21 heavy (non-hydrogen) atoms. The van der Waals surface area contributed by atoms with Crippen LogP contribution in [0.3, 0.4) is 0 Å². The van der Waals surface area contributed by atoms with Crippen LogP contribution in [-0.4, -0.2) is 30.1 Å². The molecular formula is C15H20N4O2. The Morgan fingerprint density at radius 3 is 2.62 bits per heavy atom. The van der Waals surface area contributed by atoms with E-state index in [1.165, 1.54) is 6.20 Å². The monoisotopic (exact) mass is 288 g/mol. The van der Waals surface area contributed by atoms with Crippen molar-refractivity contribution in [2.24, 2.45) is 5.84 Å². The van der Waals surface area contributed by atoms with Gasteiger partial charge in [0.1, 0.15) is 5.82 Å². The standard InChI is InChI=1S/C15H20N4O2/c1-15(2,21-3)9-18-14(20)12-8-17-13(19-16)11-7-5-4-6-10(11)12/h4-8H,9,16H2,1-3H3,(H,17,19)(H,18,20). The van der Waals surface area contributed by atoms with Crippen molar-refractivity contribution in [2.45, 2.75) is 19.4 Å². The van der Waals surface area contributed by atoms with E-state index >= 15 is 0 Å². The number of carbonyl (C=O) groups is 1. The molecule has 2 rings (SSSR count). The quantitative estimate of drug-likeness (QED) is 0.575. The highest BCUT2D eigenvalue weighted by Gasteiger charge is 2.19. The van der Waals surface area contributed by atoms with Crippen LogP contribution in [0.15, 0.2) is 30.5 Å². The number of anilines is 1. The molecule has 0 unspecified atom stereocenters. The number of amides is 1. The van der Waals surface area contributed by atoms with Crippen LogP contribution in [0.25, 0.3) is 10.8 Å². The average Bonchev–Trinajstić information content (AvgIpc) is 2.51. The molecule has 2 aromatic rings. The lowest BCUT2D eigenvalue weighted by Gasteiger charge is -2.23. The third kappa shape index (κ3) is 3.29. The third-order valence-electron chi connectivity index (χ3n) is 3.40. The molecule has 1 aromatic carbocycles. The van der Waals surface area contributed by atoms with Crippen molar-refractivity contribution < 1.29 is 9.53 Å². The second kappa shape index (κ2) is 6.07. The Bertz CT molecular complexity index is 655. The van der Waals surface area contributed by atoms with Gasteiger partial charge in [-0.05, 0) is 19.2 Å². The Labute approximate surface area is 123 Å². The number of carbonyl (C=O) groups excluding carboxylic acids is 1. The van der Waals surface area contributed by atoms with Crippen LogP contribution < -0.4 is 16.6 Å². The lowest BCUT2D eigenvalue weighted by atomic mass is 10.1. The summed E-state index contributed by atoms with van der Waals surface area (Å²) < 4.78 is 5.29. The first-order chi connectivity index (χ1) is 9.98. The molecule has 0 radical (unpaired) electrons. The maximum atomic E-state index is 12.4. The molecule has 0 atom stereocenters. The molecule has 0 bridgehead atoms. The molecule has 0 aliphatic heterocycles. The highest BCUT2D eigenvalue weighted by Crippen LogP contribution is 2.23. The number of aromatic nitrogens is 1. The normalized spacial score (nSPS) is 11.4. The van der Waals surface area contributed by atoms with Gasteiger partial charge in [-0.1, -0.05) is 24.3 Å². The SMILES string of the molecule is COC(C)(C)CNC(=O)c1cnc(NN)c2ccccc12. The van der Waals surface area contributed by atoms with E-state index in [9.17, 15) is 4.79 Å². The molecule has 112 valence electrons. The third-order valence-corrected chi connectivity index (χ3v) is 3.40. The number of nitrogens with one attached hydrogen (secondary N) is 2. The summed E-state index contributed by atoms with van der Waals surface area (Å²) in [6, 6.07) is 7.49. The van der Waals surface area contributed by atoms with Crippen molar-refractivity contribution in [3.63, 3.8) is 0 Å². The number of nitrogen functional groups attached to an aromatic ring is 1. The van der Waals surface area contributed by atoms with Gasteiger partial charge in [-0.3, -0.25) is 4.79 Å². The topological polar surface area (TPSA) is 89.3 Å². The molecule has 0 aliphatic rings. The first-order valence-corrected chi connectivity index (χ1v) is 6.66. The lowest BCUT2D eigenvalue weighted by molar-refractivity contribution is 0.0229. The summed E-state index contributed by atoms with van der Waals surface area (Å²) in [5.74, 6) is 5.80. The van der Waals surface area contributed by atoms with E-state index in [0.717, 1.165) is 10.8 Å². The van der Waals surface area contributed by atoms with Gasteiger partial charge in [-0.15, -0.1) is 0 Å². The zero-order chi connectivity index (χ0) is 15.5. The fourth-order valence-electron chi connectivity index (χ4n) is 1.95. The smallest absolute Gasteiger partial charge is 0.253 e. The fourth-order valence-corrected chi connectivity index (χ4v) is 1.95. The molecule has 1 aromatic heterocycles. The van der Waals surface area contributed by atoms with Crippen molar-refractivity contribution in [3.05, 3.63) is 36.0 Å². The van der Waals surface area contributed by atoms with E-state index in [2.05, 4.69) is 15.7 Å². The fraction of sp³-hybridized carbons (Fsp3) is 0.333. The van der Waals surface area contributed by atoms with Crippen molar-refractivity contribution >= 4 is 22.5 Å². The Morgan fingerprint density at radius 2 is 2.00 bits per heavy atom. The Balaban J connectivity index is 2.32. The van der Waals surface area contributed by atoms with Crippen molar-refractivity contribution in [1.82, 2.24) is 10.3 Å². The van der Waals surface area contributed by atoms with Gasteiger partial charge in [0.2, 0.25) is 0 Å². The predicted molar refractivity (Wildman–Crippen MR) is 83.0 cm³/mol. The summed E-state index contributed by atoms with van der Waals surface area (Å²) in [6.45, 7) is 4.23. The molecule has 6 nitrogen and oxygen atoms in total. The summed E-state index contributed by atoms with van der Waals surface area (Å²) in [5.41, 5.74) is 2.63. The van der Waals surface area contributed by atoms with Crippen molar-refractivity contribution in [3.8, 4) is 0 Å². The second-order valence-corrected chi connectivity index (χ2v) is 5.36. The molecule has 4 N–H and O–H groups in total. The Hall–Kier alpha value is -2.18. The number of hydrogen-bond donors (Lipinski definition) is 3. The van der Waals surface area contributed by atoms with Gasteiger partial charge >= 0.3 is 0 Å². The number of fused-ring (bicyclic) bond motifs is 1. The summed E-state index contributed by atoms with van der Waals surface area (Å²) in [4.78, 5) is 16.5. The summed E-state index contributed by atoms with van der Waals surface area (Å²) >= 11 is 0. The summed E-state index contributed by atoms with van der Waals surface area (Å²) in [5, 5.41) is 4.47. The number of methoxy groups -OCH3 is 1. The van der Waals surface area contributed by atoms with Crippen LogP contribution >= 0.6 is 0 Å². The number of nitrogens with two attached hydrogens (primary N) is 1. The van der Waals surface area contributed by atoms with Gasteiger partial charge in [-0.25, -0.2) is 10.8 Å². The van der Waals surface area contributed by atoms with Gasteiger partial charge in [0.25, 0.3) is 5.91 Å². The van der Waals surface area contributed by atoms with Crippen LogP contribution in [0.1, 0.15) is 24.2 Å². The van der Waals surface area contributed by atoms with Gasteiger partial charge < -0.3 is 15.5 Å². The maximum absolute atomic E-state index is 12.4. The highest BCUT2D eigenvalue weighted by atomic mass is 16.5. The number of hydrazine groups is 1. The number of ether oxygens (including phenoxy) is 1. The zero-order valence-corrected chi connectivity index (χ0v) is 12.4. The van der Waals surface area contributed by atoms with Crippen LogP contribution in [0, 0.1) is 0 Å². The molecule has 6 heteroatoms. The number of rotatable bonds is 5. The average molecular weight is 288 g/mol. The van der Waals surface area contributed by atoms with Crippen LogP contribution in [0.2, 0.25) is 0 Å². The first kappa shape index (κ1) is 15.2. The maximum Gasteiger partial charge on any atom is 0.253 e. The van der Waals surface area contributed by atoms with Crippen LogP contribution in [-0.2, 0) is 4.74 Å². The Morgan fingerprint density at radius 1 is 1.33 bits per heavy atom. The summed E-state index contributed by atoms with van der Waals surface area (Å²) in [6.07, 6.45) is 1.52. The second-order valence-electron chi connectivity index (χ2n) is 5.36. The molecule has 1 amide bonds. The number of pyridine rings is 1. The minimum Gasteiger partial charge on any atom is -0.377 e. The van der Waals surface area contributed by atoms with E-state index < -0.39 is 5.60 Å². The van der Waals surface area contributed by atoms with E-state index in [0.29, 0.717) is 17.9 Å². The van der Waals surface area contributed by atoms with Gasteiger partial charge in [0.15, 0.2) is 0 Å². The van der Waals surface area contributed by atoms with Crippen LogP contribution in [0.5, 0.6) is 0 Å². The van der Waals surface area contributed by atoms with Crippen molar-refractivity contribution in [2.75, 3.05) is 19.1 Å². The molecule has 0 saturated heterocycles.